The zero-order valence-corrected chi connectivity index (χ0v) is 13.2. The molecule has 4 nitrogen and oxygen atoms in total. The molecule has 4 heteroatoms. The third-order valence-electron chi connectivity index (χ3n) is 3.65. The molecule has 116 valence electrons. The summed E-state index contributed by atoms with van der Waals surface area (Å²) in [5, 5.41) is 2.91. The molecule has 0 radical (unpaired) electrons. The van der Waals surface area contributed by atoms with Crippen LogP contribution in [0.15, 0.2) is 59.0 Å². The predicted octanol–water partition coefficient (Wildman–Crippen LogP) is 4.14. The van der Waals surface area contributed by atoms with E-state index >= 15 is 0 Å². The molecule has 0 aliphatic rings. The Hall–Kier alpha value is -2.88. The number of benzene rings is 2. The van der Waals surface area contributed by atoms with E-state index in [1.54, 1.807) is 0 Å². The number of para-hydroxylation sites is 1. The molecular weight excluding hydrogens is 288 g/mol. The van der Waals surface area contributed by atoms with Crippen molar-refractivity contribution in [3.8, 4) is 11.5 Å². The van der Waals surface area contributed by atoms with Crippen LogP contribution in [-0.4, -0.2) is 10.9 Å². The molecule has 1 N–H and O–H groups in total. The highest BCUT2D eigenvalue weighted by Gasteiger charge is 2.15. The van der Waals surface area contributed by atoms with Crippen molar-refractivity contribution in [1.29, 1.82) is 0 Å². The lowest BCUT2D eigenvalue weighted by Crippen LogP contribution is -2.15. The highest BCUT2D eigenvalue weighted by molar-refractivity contribution is 5.92. The normalized spacial score (nSPS) is 10.5. The maximum Gasteiger partial charge on any atom is 0.232 e. The Morgan fingerprint density at radius 1 is 1.04 bits per heavy atom. The molecule has 0 atom stereocenters. The van der Waals surface area contributed by atoms with Crippen LogP contribution in [0.25, 0.3) is 11.5 Å². The maximum absolute atomic E-state index is 12.2. The van der Waals surface area contributed by atoms with E-state index in [0.29, 0.717) is 11.7 Å². The third-order valence-corrected chi connectivity index (χ3v) is 3.65. The molecular formula is C19H18N2O2. The summed E-state index contributed by atoms with van der Waals surface area (Å²) in [6, 6.07) is 17.4. The number of aromatic nitrogens is 1. The molecule has 0 saturated carbocycles. The van der Waals surface area contributed by atoms with Crippen molar-refractivity contribution >= 4 is 11.6 Å². The maximum atomic E-state index is 12.2. The van der Waals surface area contributed by atoms with E-state index in [1.165, 1.54) is 0 Å². The number of anilines is 1. The topological polar surface area (TPSA) is 55.1 Å². The fourth-order valence-electron chi connectivity index (χ4n) is 2.35. The molecule has 0 saturated heterocycles. The molecule has 1 heterocycles. The Kier molecular flexibility index (Phi) is 4.24. The first-order chi connectivity index (χ1) is 11.1. The summed E-state index contributed by atoms with van der Waals surface area (Å²) in [4.78, 5) is 16.6. The number of nitrogens with zero attached hydrogens (tertiary/aromatic N) is 1. The number of hydrogen-bond acceptors (Lipinski definition) is 3. The number of rotatable bonds is 4. The lowest BCUT2D eigenvalue weighted by molar-refractivity contribution is -0.115. The van der Waals surface area contributed by atoms with Gasteiger partial charge >= 0.3 is 0 Å². The van der Waals surface area contributed by atoms with Gasteiger partial charge in [0.15, 0.2) is 0 Å². The smallest absolute Gasteiger partial charge is 0.232 e. The predicted molar refractivity (Wildman–Crippen MR) is 90.2 cm³/mol. The van der Waals surface area contributed by atoms with E-state index in [4.69, 9.17) is 4.42 Å². The average molecular weight is 306 g/mol. The summed E-state index contributed by atoms with van der Waals surface area (Å²) in [7, 11) is 0. The Morgan fingerprint density at radius 3 is 2.48 bits per heavy atom. The highest BCUT2D eigenvalue weighted by Crippen LogP contribution is 2.22. The van der Waals surface area contributed by atoms with Gasteiger partial charge in [0.1, 0.15) is 5.76 Å². The number of carbonyl (C=O) groups excluding carboxylic acids is 1. The Balaban J connectivity index is 1.74. The van der Waals surface area contributed by atoms with Crippen LogP contribution in [0, 0.1) is 13.8 Å². The first-order valence-corrected chi connectivity index (χ1v) is 7.50. The van der Waals surface area contributed by atoms with Crippen molar-refractivity contribution in [1.82, 2.24) is 4.98 Å². The molecule has 3 aromatic rings. The summed E-state index contributed by atoms with van der Waals surface area (Å²) in [6.07, 6.45) is 0.167. The summed E-state index contributed by atoms with van der Waals surface area (Å²) in [6.45, 7) is 3.81. The quantitative estimate of drug-likeness (QED) is 0.788. The SMILES string of the molecule is Cc1ccccc1NC(=O)Cc1oc(-c2ccccc2)nc1C. The van der Waals surface area contributed by atoms with Gasteiger partial charge in [-0.2, -0.15) is 0 Å². The second kappa shape index (κ2) is 6.48. The largest absolute Gasteiger partial charge is 0.440 e. The van der Waals surface area contributed by atoms with E-state index < -0.39 is 0 Å². The fourth-order valence-corrected chi connectivity index (χ4v) is 2.35. The van der Waals surface area contributed by atoms with Gasteiger partial charge in [0.25, 0.3) is 0 Å². The first-order valence-electron chi connectivity index (χ1n) is 7.50. The van der Waals surface area contributed by atoms with Crippen LogP contribution in [0.2, 0.25) is 0 Å². The van der Waals surface area contributed by atoms with Crippen LogP contribution in [0.1, 0.15) is 17.0 Å². The molecule has 1 aromatic heterocycles. The van der Waals surface area contributed by atoms with Crippen molar-refractivity contribution in [2.24, 2.45) is 0 Å². The number of carbonyl (C=O) groups is 1. The number of amides is 1. The molecule has 23 heavy (non-hydrogen) atoms. The fraction of sp³-hybridized carbons (Fsp3) is 0.158. The van der Waals surface area contributed by atoms with Gasteiger partial charge in [-0.25, -0.2) is 4.98 Å². The van der Waals surface area contributed by atoms with Gasteiger partial charge in [-0.1, -0.05) is 36.4 Å². The standard InChI is InChI=1S/C19H18N2O2/c1-13-8-6-7-11-16(13)21-18(22)12-17-14(2)20-19(23-17)15-9-4-3-5-10-15/h3-11H,12H2,1-2H3,(H,21,22). The molecule has 0 fully saturated rings. The monoisotopic (exact) mass is 306 g/mol. The summed E-state index contributed by atoms with van der Waals surface area (Å²) in [5.74, 6) is 1.02. The van der Waals surface area contributed by atoms with Gasteiger partial charge < -0.3 is 9.73 Å². The van der Waals surface area contributed by atoms with E-state index in [-0.39, 0.29) is 12.3 Å². The first kappa shape index (κ1) is 15.0. The zero-order chi connectivity index (χ0) is 16.2. The third kappa shape index (κ3) is 3.48. The van der Waals surface area contributed by atoms with E-state index in [9.17, 15) is 4.79 Å². The van der Waals surface area contributed by atoms with Gasteiger partial charge in [0, 0.05) is 11.3 Å². The van der Waals surface area contributed by atoms with Crippen molar-refractivity contribution in [3.63, 3.8) is 0 Å². The van der Waals surface area contributed by atoms with Gasteiger partial charge in [0.05, 0.1) is 12.1 Å². The van der Waals surface area contributed by atoms with Crippen molar-refractivity contribution < 1.29 is 9.21 Å². The Bertz CT molecular complexity index is 822. The van der Waals surface area contributed by atoms with Crippen LogP contribution in [0.5, 0.6) is 0 Å². The van der Waals surface area contributed by atoms with Crippen molar-refractivity contribution in [2.45, 2.75) is 20.3 Å². The van der Waals surface area contributed by atoms with Crippen molar-refractivity contribution in [2.75, 3.05) is 5.32 Å². The van der Waals surface area contributed by atoms with Gasteiger partial charge in [-0.3, -0.25) is 4.79 Å². The molecule has 2 aromatic carbocycles. The van der Waals surface area contributed by atoms with E-state index in [2.05, 4.69) is 10.3 Å². The Labute approximate surface area is 135 Å². The number of nitrogens with one attached hydrogen (secondary N) is 1. The molecule has 1 amide bonds. The molecule has 3 rings (SSSR count). The van der Waals surface area contributed by atoms with Gasteiger partial charge in [-0.15, -0.1) is 0 Å². The second-order valence-electron chi connectivity index (χ2n) is 5.43. The number of aryl methyl sites for hydroxylation is 2. The van der Waals surface area contributed by atoms with E-state index in [0.717, 1.165) is 22.5 Å². The average Bonchev–Trinajstić information content (AvgIpc) is 2.91. The second-order valence-corrected chi connectivity index (χ2v) is 5.43. The summed E-state index contributed by atoms with van der Waals surface area (Å²) in [5.41, 5.74) is 3.49. The lowest BCUT2D eigenvalue weighted by Gasteiger charge is -2.07. The summed E-state index contributed by atoms with van der Waals surface area (Å²) >= 11 is 0. The van der Waals surface area contributed by atoms with Crippen LogP contribution >= 0.6 is 0 Å². The minimum absolute atomic E-state index is 0.113. The number of hydrogen-bond donors (Lipinski definition) is 1. The van der Waals surface area contributed by atoms with Gasteiger partial charge in [0.2, 0.25) is 11.8 Å². The Morgan fingerprint density at radius 2 is 1.74 bits per heavy atom. The zero-order valence-electron chi connectivity index (χ0n) is 13.2. The van der Waals surface area contributed by atoms with Crippen LogP contribution in [-0.2, 0) is 11.2 Å². The molecule has 0 unspecified atom stereocenters. The molecule has 0 spiro atoms. The minimum Gasteiger partial charge on any atom is -0.440 e. The van der Waals surface area contributed by atoms with Crippen LogP contribution in [0.3, 0.4) is 0 Å². The van der Waals surface area contributed by atoms with Crippen molar-refractivity contribution in [3.05, 3.63) is 71.6 Å². The van der Waals surface area contributed by atoms with Gasteiger partial charge in [-0.05, 0) is 37.6 Å². The summed E-state index contributed by atoms with van der Waals surface area (Å²) < 4.78 is 5.77. The molecule has 0 bridgehead atoms. The minimum atomic E-state index is -0.113. The highest BCUT2D eigenvalue weighted by atomic mass is 16.4. The van der Waals surface area contributed by atoms with E-state index in [1.807, 2.05) is 68.4 Å². The van der Waals surface area contributed by atoms with Crippen LogP contribution in [0.4, 0.5) is 5.69 Å². The number of oxazole rings is 1. The molecule has 0 aliphatic heterocycles. The molecule has 0 aliphatic carbocycles. The lowest BCUT2D eigenvalue weighted by atomic mass is 10.2. The van der Waals surface area contributed by atoms with Crippen LogP contribution < -0.4 is 5.32 Å².